The Bertz CT molecular complexity index is 620. The Morgan fingerprint density at radius 3 is 2.67 bits per heavy atom. The summed E-state index contributed by atoms with van der Waals surface area (Å²) in [6, 6.07) is 7.33. The van der Waals surface area contributed by atoms with Crippen LogP contribution in [-0.4, -0.2) is 11.5 Å². The molecule has 0 bridgehead atoms. The van der Waals surface area contributed by atoms with E-state index in [2.05, 4.69) is 4.99 Å². The van der Waals surface area contributed by atoms with Gasteiger partial charge < -0.3 is 0 Å². The van der Waals surface area contributed by atoms with E-state index in [1.54, 1.807) is 18.2 Å². The summed E-state index contributed by atoms with van der Waals surface area (Å²) < 4.78 is 0. The molecule has 0 aromatic heterocycles. The molecule has 0 spiro atoms. The number of fused-ring (bicyclic) bond motifs is 1. The average molecular weight is 256 g/mol. The van der Waals surface area contributed by atoms with Crippen molar-refractivity contribution in [1.29, 1.82) is 0 Å². The smallest absolute Gasteiger partial charge is 0.170 e. The van der Waals surface area contributed by atoms with Crippen molar-refractivity contribution in [3.05, 3.63) is 65.2 Å². The maximum absolute atomic E-state index is 12.0. The van der Waals surface area contributed by atoms with Crippen molar-refractivity contribution in [3.8, 4) is 0 Å². The summed E-state index contributed by atoms with van der Waals surface area (Å²) in [4.78, 5) is 16.5. The molecule has 1 atom stereocenters. The zero-order valence-electron chi connectivity index (χ0n) is 9.51. The molecule has 0 amide bonds. The molecule has 1 heterocycles. The van der Waals surface area contributed by atoms with E-state index in [-0.39, 0.29) is 11.7 Å². The first-order chi connectivity index (χ1) is 8.74. The zero-order chi connectivity index (χ0) is 12.5. The Labute approximate surface area is 110 Å². The standard InChI is InChI=1S/C15H10ClNO/c16-11-7-5-10(6-8-11)14-9-15(18)12-3-1-2-4-13(12)17-14/h1-9,12H. The van der Waals surface area contributed by atoms with Crippen molar-refractivity contribution in [3.63, 3.8) is 0 Å². The van der Waals surface area contributed by atoms with E-state index in [9.17, 15) is 4.79 Å². The minimum atomic E-state index is -0.217. The van der Waals surface area contributed by atoms with Gasteiger partial charge in [-0.25, -0.2) is 0 Å². The Balaban J connectivity index is 2.02. The highest BCUT2D eigenvalue weighted by Crippen LogP contribution is 2.26. The van der Waals surface area contributed by atoms with Gasteiger partial charge in [0.05, 0.1) is 17.3 Å². The van der Waals surface area contributed by atoms with Gasteiger partial charge in [0.2, 0.25) is 0 Å². The average Bonchev–Trinajstić information content (AvgIpc) is 2.39. The number of hydrogen-bond donors (Lipinski definition) is 0. The molecule has 0 radical (unpaired) electrons. The molecular formula is C15H10ClNO. The van der Waals surface area contributed by atoms with E-state index >= 15 is 0 Å². The number of carbonyl (C=O) groups excluding carboxylic acids is 1. The molecule has 0 saturated heterocycles. The summed E-state index contributed by atoms with van der Waals surface area (Å²) in [5.74, 6) is -0.142. The van der Waals surface area contributed by atoms with Crippen LogP contribution in [0.3, 0.4) is 0 Å². The van der Waals surface area contributed by atoms with Gasteiger partial charge in [-0.05, 0) is 18.2 Å². The number of halogens is 1. The molecule has 1 unspecified atom stereocenters. The molecule has 2 nitrogen and oxygen atoms in total. The molecule has 3 heteroatoms. The van der Waals surface area contributed by atoms with Gasteiger partial charge in [0.15, 0.2) is 5.78 Å². The van der Waals surface area contributed by atoms with E-state index in [1.807, 2.05) is 36.4 Å². The molecule has 2 aliphatic rings. The Morgan fingerprint density at radius 1 is 1.11 bits per heavy atom. The normalized spacial score (nSPS) is 21.4. The van der Waals surface area contributed by atoms with Gasteiger partial charge in [-0.3, -0.25) is 9.79 Å². The van der Waals surface area contributed by atoms with Gasteiger partial charge in [0, 0.05) is 16.7 Å². The number of hydrogen-bond acceptors (Lipinski definition) is 2. The second-order valence-corrected chi connectivity index (χ2v) is 4.63. The van der Waals surface area contributed by atoms with Gasteiger partial charge in [0.1, 0.15) is 0 Å². The Morgan fingerprint density at radius 2 is 1.89 bits per heavy atom. The summed E-state index contributed by atoms with van der Waals surface area (Å²) in [5.41, 5.74) is 2.40. The van der Waals surface area contributed by atoms with Crippen LogP contribution in [0.4, 0.5) is 0 Å². The first kappa shape index (κ1) is 11.2. The fourth-order valence-electron chi connectivity index (χ4n) is 2.04. The summed E-state index contributed by atoms with van der Waals surface area (Å²) in [5, 5.41) is 0.674. The monoisotopic (exact) mass is 255 g/mol. The van der Waals surface area contributed by atoms with Crippen molar-refractivity contribution in [1.82, 2.24) is 0 Å². The maximum Gasteiger partial charge on any atom is 0.170 e. The topological polar surface area (TPSA) is 29.4 Å². The predicted molar refractivity (Wildman–Crippen MR) is 73.6 cm³/mol. The van der Waals surface area contributed by atoms with Crippen LogP contribution < -0.4 is 0 Å². The summed E-state index contributed by atoms with van der Waals surface area (Å²) in [7, 11) is 0. The van der Waals surface area contributed by atoms with Crippen molar-refractivity contribution in [2.75, 3.05) is 0 Å². The van der Waals surface area contributed by atoms with E-state index < -0.39 is 0 Å². The van der Waals surface area contributed by atoms with E-state index in [1.165, 1.54) is 0 Å². The maximum atomic E-state index is 12.0. The molecule has 18 heavy (non-hydrogen) atoms. The molecule has 0 fully saturated rings. The SMILES string of the molecule is O=C1C=C(c2ccc(Cl)cc2)N=C2C=CC=CC12. The first-order valence-electron chi connectivity index (χ1n) is 5.69. The molecule has 1 aliphatic carbocycles. The second-order valence-electron chi connectivity index (χ2n) is 4.20. The second kappa shape index (κ2) is 4.39. The molecule has 0 saturated carbocycles. The highest BCUT2D eigenvalue weighted by molar-refractivity contribution is 6.30. The molecule has 1 aliphatic heterocycles. The minimum Gasteiger partial charge on any atom is -0.294 e. The van der Waals surface area contributed by atoms with Crippen LogP contribution in [0.25, 0.3) is 5.70 Å². The van der Waals surface area contributed by atoms with Crippen molar-refractivity contribution < 1.29 is 4.79 Å². The number of ketones is 1. The van der Waals surface area contributed by atoms with Crippen LogP contribution in [-0.2, 0) is 4.79 Å². The lowest BCUT2D eigenvalue weighted by Crippen LogP contribution is -2.24. The van der Waals surface area contributed by atoms with Gasteiger partial charge in [-0.1, -0.05) is 42.0 Å². The molecule has 1 aromatic rings. The van der Waals surface area contributed by atoms with Crippen molar-refractivity contribution in [2.24, 2.45) is 10.9 Å². The first-order valence-corrected chi connectivity index (χ1v) is 6.07. The third kappa shape index (κ3) is 1.95. The molecule has 3 rings (SSSR count). The van der Waals surface area contributed by atoms with E-state index in [0.29, 0.717) is 10.7 Å². The van der Waals surface area contributed by atoms with Crippen LogP contribution in [0.2, 0.25) is 5.02 Å². The Kier molecular flexibility index (Phi) is 2.73. The molecular weight excluding hydrogens is 246 g/mol. The number of nitrogens with zero attached hydrogens (tertiary/aromatic N) is 1. The molecule has 0 N–H and O–H groups in total. The predicted octanol–water partition coefficient (Wildman–Crippen LogP) is 3.45. The van der Waals surface area contributed by atoms with Crippen molar-refractivity contribution >= 4 is 28.8 Å². The summed E-state index contributed by atoms with van der Waals surface area (Å²) in [6.07, 6.45) is 9.12. The van der Waals surface area contributed by atoms with Crippen LogP contribution in [0.5, 0.6) is 0 Å². The fraction of sp³-hybridized carbons (Fsp3) is 0.0667. The number of benzene rings is 1. The third-order valence-electron chi connectivity index (χ3n) is 2.98. The number of carbonyl (C=O) groups is 1. The van der Waals surface area contributed by atoms with Crippen LogP contribution in [0.1, 0.15) is 5.56 Å². The lowest BCUT2D eigenvalue weighted by atomic mass is 9.90. The van der Waals surface area contributed by atoms with Gasteiger partial charge in [0.25, 0.3) is 0 Å². The van der Waals surface area contributed by atoms with E-state index in [4.69, 9.17) is 11.6 Å². The highest BCUT2D eigenvalue weighted by Gasteiger charge is 2.24. The quantitative estimate of drug-likeness (QED) is 0.756. The largest absolute Gasteiger partial charge is 0.294 e. The van der Waals surface area contributed by atoms with Crippen LogP contribution >= 0.6 is 11.6 Å². The van der Waals surface area contributed by atoms with Crippen LogP contribution in [0.15, 0.2) is 59.6 Å². The third-order valence-corrected chi connectivity index (χ3v) is 3.23. The zero-order valence-corrected chi connectivity index (χ0v) is 10.3. The van der Waals surface area contributed by atoms with Gasteiger partial charge in [-0.15, -0.1) is 0 Å². The minimum absolute atomic E-state index is 0.0746. The summed E-state index contributed by atoms with van der Waals surface area (Å²) in [6.45, 7) is 0. The van der Waals surface area contributed by atoms with Crippen molar-refractivity contribution in [2.45, 2.75) is 0 Å². The fourth-order valence-corrected chi connectivity index (χ4v) is 2.17. The molecule has 1 aromatic carbocycles. The summed E-state index contributed by atoms with van der Waals surface area (Å²) >= 11 is 5.85. The van der Waals surface area contributed by atoms with Gasteiger partial charge >= 0.3 is 0 Å². The lowest BCUT2D eigenvalue weighted by molar-refractivity contribution is -0.115. The lowest BCUT2D eigenvalue weighted by Gasteiger charge is -2.18. The number of rotatable bonds is 1. The number of aliphatic imine (C=N–C) groups is 1. The Hall–Kier alpha value is -1.93. The molecule has 88 valence electrons. The highest BCUT2D eigenvalue weighted by atomic mass is 35.5. The number of allylic oxidation sites excluding steroid dienone is 5. The van der Waals surface area contributed by atoms with Gasteiger partial charge in [-0.2, -0.15) is 0 Å². The van der Waals surface area contributed by atoms with E-state index in [0.717, 1.165) is 11.3 Å². The van der Waals surface area contributed by atoms with Crippen LogP contribution in [0, 0.1) is 5.92 Å².